The largest absolute Gasteiger partial charge is 0.326 e. The molecule has 2 aromatic rings. The van der Waals surface area contributed by atoms with Gasteiger partial charge in [-0.3, -0.25) is 9.59 Å². The highest BCUT2D eigenvalue weighted by Crippen LogP contribution is 2.27. The topological polar surface area (TPSA) is 49.4 Å². The SMILES string of the molecule is CC(=O)N(CCC(=O)Nc1cccc(Cl)c1C)c1c(C)cc(C)cc1C. The molecule has 138 valence electrons. The van der Waals surface area contributed by atoms with Crippen molar-refractivity contribution < 1.29 is 9.59 Å². The van der Waals surface area contributed by atoms with E-state index >= 15 is 0 Å². The van der Waals surface area contributed by atoms with Crippen LogP contribution < -0.4 is 10.2 Å². The van der Waals surface area contributed by atoms with Gasteiger partial charge < -0.3 is 10.2 Å². The van der Waals surface area contributed by atoms with Crippen molar-refractivity contribution in [3.05, 3.63) is 57.6 Å². The molecule has 0 aromatic heterocycles. The molecule has 0 saturated carbocycles. The standard InChI is InChI=1S/C21H25ClN2O2/c1-13-11-14(2)21(15(3)12-13)24(17(5)25)10-9-20(26)23-19-8-6-7-18(22)16(19)4/h6-8,11-12H,9-10H2,1-5H3,(H,23,26). The summed E-state index contributed by atoms with van der Waals surface area (Å²) in [6.07, 6.45) is 0.207. The summed E-state index contributed by atoms with van der Waals surface area (Å²) in [6.45, 7) is 9.71. The second kappa shape index (κ2) is 8.37. The number of hydrogen-bond donors (Lipinski definition) is 1. The molecule has 0 heterocycles. The zero-order chi connectivity index (χ0) is 19.4. The van der Waals surface area contributed by atoms with Gasteiger partial charge in [-0.2, -0.15) is 0 Å². The molecule has 0 unspecified atom stereocenters. The number of nitrogens with one attached hydrogen (secondary N) is 1. The number of carbonyl (C=O) groups is 2. The molecule has 0 aliphatic carbocycles. The van der Waals surface area contributed by atoms with Gasteiger partial charge in [0.1, 0.15) is 0 Å². The molecule has 0 atom stereocenters. The maximum atomic E-state index is 12.4. The Morgan fingerprint density at radius 1 is 1.08 bits per heavy atom. The molecule has 2 aromatic carbocycles. The molecule has 2 rings (SSSR count). The van der Waals surface area contributed by atoms with Crippen LogP contribution in [0.15, 0.2) is 30.3 Å². The first-order valence-electron chi connectivity index (χ1n) is 8.61. The molecule has 0 radical (unpaired) electrons. The zero-order valence-corrected chi connectivity index (χ0v) is 16.7. The number of carbonyl (C=O) groups excluding carboxylic acids is 2. The number of aryl methyl sites for hydroxylation is 3. The number of nitrogens with zero attached hydrogens (tertiary/aromatic N) is 1. The quantitative estimate of drug-likeness (QED) is 0.806. The van der Waals surface area contributed by atoms with Crippen LogP contribution in [-0.2, 0) is 9.59 Å². The van der Waals surface area contributed by atoms with Gasteiger partial charge in [0.15, 0.2) is 0 Å². The Kier molecular flexibility index (Phi) is 6.43. The Morgan fingerprint density at radius 2 is 1.69 bits per heavy atom. The Hall–Kier alpha value is -2.33. The lowest BCUT2D eigenvalue weighted by molar-refractivity contribution is -0.117. The van der Waals surface area contributed by atoms with Gasteiger partial charge in [-0.25, -0.2) is 0 Å². The maximum absolute atomic E-state index is 12.4. The van der Waals surface area contributed by atoms with E-state index in [0.717, 1.165) is 27.9 Å². The molecule has 0 spiro atoms. The van der Waals surface area contributed by atoms with Crippen molar-refractivity contribution >= 4 is 34.8 Å². The molecule has 0 aliphatic rings. The van der Waals surface area contributed by atoms with Crippen LogP contribution in [0.1, 0.15) is 35.6 Å². The van der Waals surface area contributed by atoms with Crippen LogP contribution >= 0.6 is 11.6 Å². The van der Waals surface area contributed by atoms with Gasteiger partial charge in [0.25, 0.3) is 0 Å². The van der Waals surface area contributed by atoms with Crippen molar-refractivity contribution in [1.82, 2.24) is 0 Å². The molecule has 5 heteroatoms. The summed E-state index contributed by atoms with van der Waals surface area (Å²) in [5, 5.41) is 3.48. The van der Waals surface area contributed by atoms with E-state index < -0.39 is 0 Å². The Balaban J connectivity index is 2.13. The van der Waals surface area contributed by atoms with E-state index in [9.17, 15) is 9.59 Å². The molecule has 0 aliphatic heterocycles. The summed E-state index contributed by atoms with van der Waals surface area (Å²) in [5.74, 6) is -0.226. The summed E-state index contributed by atoms with van der Waals surface area (Å²) < 4.78 is 0. The molecule has 0 fully saturated rings. The lowest BCUT2D eigenvalue weighted by atomic mass is 10.0. The molecule has 2 amide bonds. The van der Waals surface area contributed by atoms with Crippen LogP contribution in [0.3, 0.4) is 0 Å². The van der Waals surface area contributed by atoms with E-state index in [2.05, 4.69) is 5.32 Å². The maximum Gasteiger partial charge on any atom is 0.226 e. The highest BCUT2D eigenvalue weighted by atomic mass is 35.5. The zero-order valence-electron chi connectivity index (χ0n) is 15.9. The van der Waals surface area contributed by atoms with Crippen molar-refractivity contribution in [2.24, 2.45) is 0 Å². The highest BCUT2D eigenvalue weighted by Gasteiger charge is 2.18. The predicted molar refractivity (Wildman–Crippen MR) is 108 cm³/mol. The third-order valence-corrected chi connectivity index (χ3v) is 4.80. The number of amides is 2. The van der Waals surface area contributed by atoms with E-state index in [4.69, 9.17) is 11.6 Å². The second-order valence-electron chi connectivity index (χ2n) is 6.63. The Morgan fingerprint density at radius 3 is 2.27 bits per heavy atom. The molecule has 1 N–H and O–H groups in total. The van der Waals surface area contributed by atoms with Crippen LogP contribution in [0.25, 0.3) is 0 Å². The smallest absolute Gasteiger partial charge is 0.226 e. The lowest BCUT2D eigenvalue weighted by Gasteiger charge is -2.25. The minimum Gasteiger partial charge on any atom is -0.326 e. The second-order valence-corrected chi connectivity index (χ2v) is 7.04. The van der Waals surface area contributed by atoms with Crippen molar-refractivity contribution in [3.63, 3.8) is 0 Å². The summed E-state index contributed by atoms with van der Waals surface area (Å²) in [7, 11) is 0. The molecule has 0 saturated heterocycles. The first kappa shape index (κ1) is 20.0. The van der Waals surface area contributed by atoms with E-state index in [1.165, 1.54) is 6.92 Å². The third kappa shape index (κ3) is 4.64. The van der Waals surface area contributed by atoms with Crippen LogP contribution in [0.5, 0.6) is 0 Å². The summed E-state index contributed by atoms with van der Waals surface area (Å²) >= 11 is 6.09. The van der Waals surface area contributed by atoms with Crippen molar-refractivity contribution in [2.45, 2.75) is 41.0 Å². The molecule has 4 nitrogen and oxygen atoms in total. The fourth-order valence-electron chi connectivity index (χ4n) is 3.19. The minimum absolute atomic E-state index is 0.0770. The van der Waals surface area contributed by atoms with Gasteiger partial charge in [-0.15, -0.1) is 0 Å². The van der Waals surface area contributed by atoms with Gasteiger partial charge >= 0.3 is 0 Å². The summed E-state index contributed by atoms with van der Waals surface area (Å²) in [5.41, 5.74) is 5.62. The van der Waals surface area contributed by atoms with Crippen LogP contribution in [0.4, 0.5) is 11.4 Å². The predicted octanol–water partition coefficient (Wildman–Crippen LogP) is 4.96. The number of benzene rings is 2. The monoisotopic (exact) mass is 372 g/mol. The summed E-state index contributed by atoms with van der Waals surface area (Å²) in [6, 6.07) is 9.50. The first-order valence-corrected chi connectivity index (χ1v) is 8.99. The molecular weight excluding hydrogens is 348 g/mol. The van der Waals surface area contributed by atoms with Gasteiger partial charge in [0, 0.05) is 36.3 Å². The van der Waals surface area contributed by atoms with Crippen molar-refractivity contribution in [1.29, 1.82) is 0 Å². The van der Waals surface area contributed by atoms with Gasteiger partial charge in [-0.1, -0.05) is 35.4 Å². The Bertz CT molecular complexity index is 823. The fraction of sp³-hybridized carbons (Fsp3) is 0.333. The van der Waals surface area contributed by atoms with E-state index in [1.807, 2.05) is 45.9 Å². The van der Waals surface area contributed by atoms with Crippen molar-refractivity contribution in [2.75, 3.05) is 16.8 Å². The van der Waals surface area contributed by atoms with Gasteiger partial charge in [-0.05, 0) is 56.5 Å². The minimum atomic E-state index is -0.149. The van der Waals surface area contributed by atoms with E-state index in [1.54, 1.807) is 17.0 Å². The third-order valence-electron chi connectivity index (χ3n) is 4.39. The highest BCUT2D eigenvalue weighted by molar-refractivity contribution is 6.31. The number of anilines is 2. The van der Waals surface area contributed by atoms with Crippen molar-refractivity contribution in [3.8, 4) is 0 Å². The van der Waals surface area contributed by atoms with E-state index in [0.29, 0.717) is 17.3 Å². The van der Waals surface area contributed by atoms with Gasteiger partial charge in [0.05, 0.1) is 0 Å². The average molecular weight is 373 g/mol. The number of rotatable bonds is 5. The first-order chi connectivity index (χ1) is 12.2. The summed E-state index contributed by atoms with van der Waals surface area (Å²) in [4.78, 5) is 26.2. The number of halogens is 1. The number of hydrogen-bond acceptors (Lipinski definition) is 2. The molecule has 26 heavy (non-hydrogen) atoms. The Labute approximate surface area is 160 Å². The molecular formula is C21H25ClN2O2. The van der Waals surface area contributed by atoms with E-state index in [-0.39, 0.29) is 18.2 Å². The van der Waals surface area contributed by atoms with Crippen LogP contribution in [0.2, 0.25) is 5.02 Å². The fourth-order valence-corrected chi connectivity index (χ4v) is 3.37. The lowest BCUT2D eigenvalue weighted by Crippen LogP contribution is -2.33. The van der Waals surface area contributed by atoms with Crippen LogP contribution in [0, 0.1) is 27.7 Å². The average Bonchev–Trinajstić information content (AvgIpc) is 2.53. The normalized spacial score (nSPS) is 10.5. The van der Waals surface area contributed by atoms with Crippen LogP contribution in [-0.4, -0.2) is 18.4 Å². The van der Waals surface area contributed by atoms with Gasteiger partial charge in [0.2, 0.25) is 11.8 Å². The molecule has 0 bridgehead atoms.